The summed E-state index contributed by atoms with van der Waals surface area (Å²) in [6.07, 6.45) is -0.00914. The highest BCUT2D eigenvalue weighted by atomic mass is 32.2. The predicted octanol–water partition coefficient (Wildman–Crippen LogP) is 2.25. The maximum Gasteiger partial charge on any atom is 0.447 e. The quantitative estimate of drug-likeness (QED) is 0.237. The van der Waals surface area contributed by atoms with E-state index in [0.29, 0.717) is 6.54 Å². The molecule has 0 aliphatic carbocycles. The van der Waals surface area contributed by atoms with Crippen molar-refractivity contribution in [1.82, 2.24) is 13.5 Å². The molecule has 3 amide bonds. The minimum atomic E-state index is -0.825. The monoisotopic (exact) mass is 380 g/mol. The zero-order chi connectivity index (χ0) is 18.9. The summed E-state index contributed by atoms with van der Waals surface area (Å²) in [7, 11) is 4.55. The van der Waals surface area contributed by atoms with Gasteiger partial charge >= 0.3 is 12.2 Å². The van der Waals surface area contributed by atoms with Crippen LogP contribution < -0.4 is 0 Å². The lowest BCUT2D eigenvalue weighted by molar-refractivity contribution is -0.121. The van der Waals surface area contributed by atoms with E-state index in [0.717, 1.165) is 28.2 Å². The summed E-state index contributed by atoms with van der Waals surface area (Å²) >= 11 is 1.88. The Morgan fingerprint density at radius 2 is 1.71 bits per heavy atom. The number of oxime groups is 1. The van der Waals surface area contributed by atoms with Gasteiger partial charge in [0.15, 0.2) is 0 Å². The molecule has 9 nitrogen and oxygen atoms in total. The van der Waals surface area contributed by atoms with Crippen molar-refractivity contribution in [3.8, 4) is 0 Å². The molecule has 0 spiro atoms. The number of hydrogen-bond donors (Lipinski definition) is 0. The van der Waals surface area contributed by atoms with Gasteiger partial charge in [-0.1, -0.05) is 5.16 Å². The Hall–Kier alpha value is -1.62. The van der Waals surface area contributed by atoms with Crippen LogP contribution in [-0.2, 0) is 14.4 Å². The lowest BCUT2D eigenvalue weighted by Gasteiger charge is -2.23. The average molecular weight is 380 g/mol. The van der Waals surface area contributed by atoms with Crippen LogP contribution in [-0.4, -0.2) is 76.7 Å². The Balaban J connectivity index is 4.75. The van der Waals surface area contributed by atoms with Crippen molar-refractivity contribution < 1.29 is 24.0 Å². The van der Waals surface area contributed by atoms with Crippen LogP contribution in [0.25, 0.3) is 0 Å². The molecule has 11 heteroatoms. The number of ether oxygens (including phenoxy) is 1. The van der Waals surface area contributed by atoms with E-state index in [1.54, 1.807) is 41.1 Å². The minimum Gasteiger partial charge on any atom is -0.446 e. The summed E-state index contributed by atoms with van der Waals surface area (Å²) in [5.74, 6) is -0.374. The second-order valence-electron chi connectivity index (χ2n) is 4.86. The van der Waals surface area contributed by atoms with Crippen LogP contribution in [0.2, 0.25) is 0 Å². The third kappa shape index (κ3) is 7.77. The van der Waals surface area contributed by atoms with Crippen molar-refractivity contribution in [2.75, 3.05) is 33.9 Å². The molecule has 0 atom stereocenters. The molecular formula is C13H24N4O5S2. The second-order valence-corrected chi connectivity index (χ2v) is 6.81. The van der Waals surface area contributed by atoms with E-state index in [-0.39, 0.29) is 17.1 Å². The molecular weight excluding hydrogens is 356 g/mol. The molecule has 0 unspecified atom stereocenters. The Morgan fingerprint density at radius 1 is 1.12 bits per heavy atom. The molecule has 0 radical (unpaired) electrons. The Bertz CT molecular complexity index is 485. The molecule has 0 rings (SSSR count). The molecule has 24 heavy (non-hydrogen) atoms. The van der Waals surface area contributed by atoms with Gasteiger partial charge in [0.25, 0.3) is 5.91 Å². The fourth-order valence-electron chi connectivity index (χ4n) is 1.15. The summed E-state index contributed by atoms with van der Waals surface area (Å²) in [6.45, 7) is 5.53. The third-order valence-corrected chi connectivity index (χ3v) is 3.93. The van der Waals surface area contributed by atoms with Gasteiger partial charge < -0.3 is 9.64 Å². The van der Waals surface area contributed by atoms with Gasteiger partial charge in [-0.05, 0) is 27.0 Å². The molecule has 0 aliphatic rings. The van der Waals surface area contributed by atoms with E-state index in [1.165, 1.54) is 16.3 Å². The van der Waals surface area contributed by atoms with Crippen molar-refractivity contribution in [1.29, 1.82) is 0 Å². The largest absolute Gasteiger partial charge is 0.447 e. The highest BCUT2D eigenvalue weighted by Gasteiger charge is 2.22. The van der Waals surface area contributed by atoms with Gasteiger partial charge in [-0.3, -0.25) is 9.63 Å². The van der Waals surface area contributed by atoms with Crippen LogP contribution in [0.15, 0.2) is 5.16 Å². The summed E-state index contributed by atoms with van der Waals surface area (Å²) in [6, 6.07) is 0. The van der Waals surface area contributed by atoms with Crippen molar-refractivity contribution in [3.05, 3.63) is 0 Å². The molecule has 0 aromatic rings. The van der Waals surface area contributed by atoms with Gasteiger partial charge in [0.1, 0.15) is 0 Å². The lowest BCUT2D eigenvalue weighted by Crippen LogP contribution is -2.33. The molecule has 0 fully saturated rings. The number of nitrogens with zero attached hydrogens (tertiary/aromatic N) is 4. The molecule has 0 aliphatic heterocycles. The van der Waals surface area contributed by atoms with Gasteiger partial charge in [-0.15, -0.1) is 11.8 Å². The molecule has 138 valence electrons. The minimum absolute atomic E-state index is 0.0401. The lowest BCUT2D eigenvalue weighted by atomic mass is 10.5. The van der Waals surface area contributed by atoms with Gasteiger partial charge in [-0.2, -0.15) is 0 Å². The number of hydrogen-bond acceptors (Lipinski definition) is 8. The van der Waals surface area contributed by atoms with E-state index in [9.17, 15) is 14.4 Å². The highest BCUT2D eigenvalue weighted by molar-refractivity contribution is 8.15. The van der Waals surface area contributed by atoms with E-state index in [1.807, 2.05) is 0 Å². The van der Waals surface area contributed by atoms with Crippen molar-refractivity contribution in [3.63, 3.8) is 0 Å². The smallest absolute Gasteiger partial charge is 0.446 e. The van der Waals surface area contributed by atoms with Crippen molar-refractivity contribution >= 4 is 47.0 Å². The van der Waals surface area contributed by atoms with Crippen LogP contribution in [0.3, 0.4) is 0 Å². The zero-order valence-electron chi connectivity index (χ0n) is 14.9. The topological polar surface area (TPSA) is 91.8 Å². The van der Waals surface area contributed by atoms with Crippen LogP contribution in [0.5, 0.6) is 0 Å². The molecule has 0 saturated heterocycles. The van der Waals surface area contributed by atoms with Gasteiger partial charge in [0, 0.05) is 27.7 Å². The summed E-state index contributed by atoms with van der Waals surface area (Å²) in [5, 5.41) is 3.60. The van der Waals surface area contributed by atoms with Gasteiger partial charge in [0.05, 0.1) is 18.2 Å². The third-order valence-electron chi connectivity index (χ3n) is 2.29. The molecule has 0 aromatic heterocycles. The first-order valence-corrected chi connectivity index (χ1v) is 9.04. The second kappa shape index (κ2) is 11.0. The predicted molar refractivity (Wildman–Crippen MR) is 95.5 cm³/mol. The number of carbonyl (C=O) groups is 3. The summed E-state index contributed by atoms with van der Waals surface area (Å²) in [5.41, 5.74) is 0. The van der Waals surface area contributed by atoms with Crippen LogP contribution in [0.1, 0.15) is 20.8 Å². The molecule has 0 saturated carbocycles. The van der Waals surface area contributed by atoms with Gasteiger partial charge in [0.2, 0.25) is 5.04 Å². The van der Waals surface area contributed by atoms with E-state index in [4.69, 9.17) is 9.57 Å². The van der Waals surface area contributed by atoms with Crippen molar-refractivity contribution in [2.45, 2.75) is 26.9 Å². The van der Waals surface area contributed by atoms with E-state index in [2.05, 4.69) is 5.16 Å². The standard InChI is InChI=1S/C13H24N4O5S2/c1-8-17(13(20)21-9(2)3)24-16(6)12(19)22-14-10(23-7)11(18)15(4)5/h9H,8H2,1-7H3/b14-10-. The van der Waals surface area contributed by atoms with Crippen LogP contribution >= 0.6 is 23.9 Å². The fraction of sp³-hybridized carbons (Fsp3) is 0.692. The average Bonchev–Trinajstić information content (AvgIpc) is 2.51. The van der Waals surface area contributed by atoms with E-state index >= 15 is 0 Å². The first kappa shape index (κ1) is 22.4. The van der Waals surface area contributed by atoms with Gasteiger partial charge in [-0.25, -0.2) is 18.2 Å². The summed E-state index contributed by atoms with van der Waals surface area (Å²) in [4.78, 5) is 41.6. The Labute approximate surface area is 150 Å². The number of rotatable bonds is 5. The first-order valence-electron chi connectivity index (χ1n) is 7.08. The number of thioether (sulfide) groups is 1. The van der Waals surface area contributed by atoms with Crippen LogP contribution in [0.4, 0.5) is 9.59 Å². The number of amides is 3. The maximum absolute atomic E-state index is 11.9. The fourth-order valence-corrected chi connectivity index (χ4v) is 2.24. The SMILES string of the molecule is CCN(SN(C)C(=O)O/N=C(\SC)C(=O)N(C)C)C(=O)OC(C)C. The molecule has 0 bridgehead atoms. The molecule has 0 heterocycles. The zero-order valence-corrected chi connectivity index (χ0v) is 16.6. The number of carbonyl (C=O) groups excluding carboxylic acids is 3. The van der Waals surface area contributed by atoms with Crippen LogP contribution in [0, 0.1) is 0 Å². The maximum atomic E-state index is 11.9. The summed E-state index contributed by atoms with van der Waals surface area (Å²) < 4.78 is 7.40. The molecule has 0 aromatic carbocycles. The Kier molecular flexibility index (Phi) is 10.3. The van der Waals surface area contributed by atoms with E-state index < -0.39 is 12.2 Å². The normalized spacial score (nSPS) is 11.1. The highest BCUT2D eigenvalue weighted by Crippen LogP contribution is 2.17. The first-order chi connectivity index (χ1) is 11.1. The van der Waals surface area contributed by atoms with Crippen molar-refractivity contribution in [2.24, 2.45) is 5.16 Å². The Morgan fingerprint density at radius 3 is 2.12 bits per heavy atom. The molecule has 0 N–H and O–H groups in total.